The van der Waals surface area contributed by atoms with Gasteiger partial charge in [0, 0.05) is 22.0 Å². The van der Waals surface area contributed by atoms with E-state index in [9.17, 15) is 14.9 Å². The lowest BCUT2D eigenvalue weighted by Crippen LogP contribution is -2.22. The number of carbonyl (C=O) groups is 1. The summed E-state index contributed by atoms with van der Waals surface area (Å²) in [7, 11) is 0. The second kappa shape index (κ2) is 7.20. The Bertz CT molecular complexity index is 999. The summed E-state index contributed by atoms with van der Waals surface area (Å²) in [6.07, 6.45) is 0.720. The number of hydrogen-bond acceptors (Lipinski definition) is 3. The van der Waals surface area contributed by atoms with Crippen LogP contribution in [0, 0.1) is 16.0 Å². The van der Waals surface area contributed by atoms with Crippen LogP contribution in [0.4, 0.5) is 11.4 Å². The van der Waals surface area contributed by atoms with Crippen LogP contribution in [0.15, 0.2) is 83.3 Å². The van der Waals surface area contributed by atoms with Crippen LogP contribution in [0.3, 0.4) is 0 Å². The molecule has 1 N–H and O–H groups in total. The molecule has 1 saturated carbocycles. The number of nitro groups is 1. The molecule has 3 aromatic rings. The van der Waals surface area contributed by atoms with E-state index in [4.69, 9.17) is 0 Å². The van der Waals surface area contributed by atoms with Gasteiger partial charge in [-0.2, -0.15) is 0 Å². The Morgan fingerprint density at radius 2 is 1.57 bits per heavy atom. The van der Waals surface area contributed by atoms with E-state index in [1.54, 1.807) is 6.07 Å². The molecule has 4 rings (SSSR count). The normalized spacial score (nSPS) is 17.0. The highest BCUT2D eigenvalue weighted by atomic mass is 79.9. The van der Waals surface area contributed by atoms with Gasteiger partial charge in [-0.05, 0) is 39.5 Å². The number of carbonyl (C=O) groups excluding carboxylic acids is 1. The van der Waals surface area contributed by atoms with Gasteiger partial charge in [-0.3, -0.25) is 14.9 Å². The van der Waals surface area contributed by atoms with E-state index in [2.05, 4.69) is 45.5 Å². The first kappa shape index (κ1) is 18.4. The highest BCUT2D eigenvalue weighted by Crippen LogP contribution is 2.59. The zero-order valence-corrected chi connectivity index (χ0v) is 16.4. The van der Waals surface area contributed by atoms with Crippen molar-refractivity contribution in [1.29, 1.82) is 0 Å². The van der Waals surface area contributed by atoms with Gasteiger partial charge in [-0.25, -0.2) is 0 Å². The Morgan fingerprint density at radius 1 is 1.00 bits per heavy atom. The van der Waals surface area contributed by atoms with Crippen LogP contribution in [-0.2, 0) is 10.2 Å². The molecule has 1 amide bonds. The van der Waals surface area contributed by atoms with Crippen LogP contribution in [0.25, 0.3) is 0 Å². The van der Waals surface area contributed by atoms with Gasteiger partial charge in [0.2, 0.25) is 5.91 Å². The van der Waals surface area contributed by atoms with Crippen LogP contribution in [-0.4, -0.2) is 10.8 Å². The molecule has 3 aromatic carbocycles. The molecule has 0 saturated heterocycles. The smallest absolute Gasteiger partial charge is 0.270 e. The van der Waals surface area contributed by atoms with Gasteiger partial charge in [0.25, 0.3) is 5.69 Å². The minimum atomic E-state index is -0.465. The van der Waals surface area contributed by atoms with E-state index in [0.717, 1.165) is 17.5 Å². The SMILES string of the molecule is O=C(Nc1ccc([N+](=O)[O-])cc1Br)[C@H]1CC1(c1ccccc1)c1ccccc1. The molecule has 28 heavy (non-hydrogen) atoms. The maximum atomic E-state index is 13.0. The highest BCUT2D eigenvalue weighted by Gasteiger charge is 2.60. The first-order chi connectivity index (χ1) is 13.5. The number of non-ortho nitro benzene ring substituents is 1. The Balaban J connectivity index is 1.63. The molecular weight excluding hydrogens is 420 g/mol. The second-order valence-corrected chi connectivity index (χ2v) is 7.72. The topological polar surface area (TPSA) is 72.2 Å². The molecule has 0 unspecified atom stereocenters. The van der Waals surface area contributed by atoms with E-state index >= 15 is 0 Å². The molecule has 1 aliphatic carbocycles. The third kappa shape index (κ3) is 3.20. The lowest BCUT2D eigenvalue weighted by molar-refractivity contribution is -0.384. The molecule has 1 aliphatic rings. The molecular formula is C22H17BrN2O3. The fourth-order valence-corrected chi connectivity index (χ4v) is 4.26. The summed E-state index contributed by atoms with van der Waals surface area (Å²) < 4.78 is 0.487. The summed E-state index contributed by atoms with van der Waals surface area (Å²) in [6.45, 7) is 0. The van der Waals surface area contributed by atoms with Crippen molar-refractivity contribution < 1.29 is 9.72 Å². The Morgan fingerprint density at radius 3 is 2.07 bits per heavy atom. The van der Waals surface area contributed by atoms with Crippen LogP contribution < -0.4 is 5.32 Å². The van der Waals surface area contributed by atoms with Gasteiger partial charge < -0.3 is 5.32 Å². The molecule has 0 aromatic heterocycles. The fraction of sp³-hybridized carbons (Fsp3) is 0.136. The quantitative estimate of drug-likeness (QED) is 0.435. The molecule has 0 aliphatic heterocycles. The van der Waals surface area contributed by atoms with Crippen molar-refractivity contribution in [1.82, 2.24) is 0 Å². The van der Waals surface area contributed by atoms with Crippen LogP contribution in [0.2, 0.25) is 0 Å². The zero-order valence-electron chi connectivity index (χ0n) is 14.8. The van der Waals surface area contributed by atoms with Crippen molar-refractivity contribution in [3.63, 3.8) is 0 Å². The number of benzene rings is 3. The minimum absolute atomic E-state index is 0.0285. The lowest BCUT2D eigenvalue weighted by atomic mass is 9.85. The average Bonchev–Trinajstić information content (AvgIpc) is 3.48. The number of nitrogens with zero attached hydrogens (tertiary/aromatic N) is 1. The first-order valence-corrected chi connectivity index (χ1v) is 9.67. The predicted molar refractivity (Wildman–Crippen MR) is 111 cm³/mol. The van der Waals surface area contributed by atoms with Gasteiger partial charge >= 0.3 is 0 Å². The predicted octanol–water partition coefficient (Wildman–Crippen LogP) is 5.30. The van der Waals surface area contributed by atoms with Crippen LogP contribution in [0.1, 0.15) is 17.5 Å². The fourth-order valence-electron chi connectivity index (χ4n) is 3.79. The monoisotopic (exact) mass is 436 g/mol. The Labute approximate surface area is 170 Å². The van der Waals surface area contributed by atoms with Crippen LogP contribution >= 0.6 is 15.9 Å². The van der Waals surface area contributed by atoms with Crippen molar-refractivity contribution in [2.75, 3.05) is 5.32 Å². The third-order valence-corrected chi connectivity index (χ3v) is 5.93. The third-order valence-electron chi connectivity index (χ3n) is 5.28. The van der Waals surface area contributed by atoms with Gasteiger partial charge in [-0.15, -0.1) is 0 Å². The summed E-state index contributed by atoms with van der Waals surface area (Å²) in [4.78, 5) is 23.5. The lowest BCUT2D eigenvalue weighted by Gasteiger charge is -2.19. The van der Waals surface area contributed by atoms with Crippen molar-refractivity contribution in [2.45, 2.75) is 11.8 Å². The van der Waals surface area contributed by atoms with Crippen LogP contribution in [0.5, 0.6) is 0 Å². The minimum Gasteiger partial charge on any atom is -0.325 e. The average molecular weight is 437 g/mol. The molecule has 1 atom stereocenters. The Hall–Kier alpha value is -2.99. The summed E-state index contributed by atoms with van der Waals surface area (Å²) in [5.41, 5.74) is 2.38. The number of nitro benzene ring substituents is 1. The largest absolute Gasteiger partial charge is 0.325 e. The van der Waals surface area contributed by atoms with E-state index in [0.29, 0.717) is 10.2 Å². The molecule has 0 spiro atoms. The molecule has 0 bridgehead atoms. The molecule has 5 nitrogen and oxygen atoms in total. The number of nitrogens with one attached hydrogen (secondary N) is 1. The maximum Gasteiger partial charge on any atom is 0.270 e. The zero-order chi connectivity index (χ0) is 19.7. The van der Waals surface area contributed by atoms with E-state index in [1.807, 2.05) is 36.4 Å². The van der Waals surface area contributed by atoms with E-state index < -0.39 is 4.92 Å². The van der Waals surface area contributed by atoms with Crippen molar-refractivity contribution in [3.8, 4) is 0 Å². The van der Waals surface area contributed by atoms with Crippen molar-refractivity contribution in [2.24, 2.45) is 5.92 Å². The first-order valence-electron chi connectivity index (χ1n) is 8.88. The van der Waals surface area contributed by atoms with Gasteiger partial charge in [-0.1, -0.05) is 60.7 Å². The second-order valence-electron chi connectivity index (χ2n) is 6.87. The highest BCUT2D eigenvalue weighted by molar-refractivity contribution is 9.10. The number of rotatable bonds is 5. The van der Waals surface area contributed by atoms with E-state index in [-0.39, 0.29) is 22.9 Å². The van der Waals surface area contributed by atoms with Crippen molar-refractivity contribution in [3.05, 3.63) is 105 Å². The van der Waals surface area contributed by atoms with Crippen molar-refractivity contribution >= 4 is 33.2 Å². The number of hydrogen-bond donors (Lipinski definition) is 1. The number of halogens is 1. The molecule has 0 radical (unpaired) electrons. The van der Waals surface area contributed by atoms with Gasteiger partial charge in [0.1, 0.15) is 0 Å². The Kier molecular flexibility index (Phi) is 4.73. The van der Waals surface area contributed by atoms with E-state index in [1.165, 1.54) is 12.1 Å². The molecule has 1 fully saturated rings. The number of amides is 1. The summed E-state index contributed by atoms with van der Waals surface area (Å²) in [5.74, 6) is -0.304. The number of anilines is 1. The summed E-state index contributed by atoms with van der Waals surface area (Å²) in [5, 5.41) is 13.8. The standard InChI is InChI=1S/C22H17BrN2O3/c23-19-13-17(25(27)28)11-12-20(19)24-21(26)18-14-22(18,15-7-3-1-4-8-15)16-9-5-2-6-10-16/h1-13,18H,14H2,(H,24,26)/t18-/m1/s1. The molecule has 140 valence electrons. The summed E-state index contributed by atoms with van der Waals surface area (Å²) in [6, 6.07) is 24.4. The maximum absolute atomic E-state index is 13.0. The van der Waals surface area contributed by atoms with Gasteiger partial charge in [0.15, 0.2) is 0 Å². The molecule has 0 heterocycles. The van der Waals surface area contributed by atoms with Gasteiger partial charge in [0.05, 0.1) is 16.5 Å². The summed E-state index contributed by atoms with van der Waals surface area (Å²) >= 11 is 3.31. The molecule has 6 heteroatoms.